The molecule has 0 spiro atoms. The van der Waals surface area contributed by atoms with E-state index in [9.17, 15) is 13.6 Å². The fraction of sp³-hybridized carbons (Fsp3) is 0. The molecular weight excluding hydrogens is 240 g/mol. The summed E-state index contributed by atoms with van der Waals surface area (Å²) in [5.41, 5.74) is -0.532. The number of carbonyl (C=O) groups is 1. The molecule has 0 atom stereocenters. The zero-order valence-corrected chi connectivity index (χ0v) is 8.42. The van der Waals surface area contributed by atoms with Crippen LogP contribution in [0.4, 0.5) is 8.78 Å². The van der Waals surface area contributed by atoms with Crippen LogP contribution < -0.4 is 0 Å². The van der Waals surface area contributed by atoms with Crippen LogP contribution in [0.2, 0.25) is 5.15 Å². The Morgan fingerprint density at radius 3 is 2.69 bits per heavy atom. The third-order valence-corrected chi connectivity index (χ3v) is 2.35. The molecular formula is C10H4ClF2NO2. The van der Waals surface area contributed by atoms with Crippen LogP contribution in [0, 0.1) is 11.6 Å². The van der Waals surface area contributed by atoms with Gasteiger partial charge in [-0.2, -0.15) is 0 Å². The van der Waals surface area contributed by atoms with Gasteiger partial charge in [-0.05, 0) is 18.2 Å². The number of hydrogen-bond donors (Lipinski definition) is 1. The van der Waals surface area contributed by atoms with Gasteiger partial charge in [-0.25, -0.2) is 18.6 Å². The summed E-state index contributed by atoms with van der Waals surface area (Å²) >= 11 is 5.54. The lowest BCUT2D eigenvalue weighted by molar-refractivity contribution is 0.0697. The van der Waals surface area contributed by atoms with Gasteiger partial charge in [0, 0.05) is 5.39 Å². The summed E-state index contributed by atoms with van der Waals surface area (Å²) in [5.74, 6) is -3.47. The van der Waals surface area contributed by atoms with Crippen LogP contribution in [-0.2, 0) is 0 Å². The van der Waals surface area contributed by atoms with Crippen molar-refractivity contribution in [2.45, 2.75) is 0 Å². The predicted octanol–water partition coefficient (Wildman–Crippen LogP) is 2.86. The maximum absolute atomic E-state index is 13.3. The summed E-state index contributed by atoms with van der Waals surface area (Å²) in [6.07, 6.45) is 0. The van der Waals surface area contributed by atoms with Crippen molar-refractivity contribution in [1.29, 1.82) is 0 Å². The van der Waals surface area contributed by atoms with E-state index in [0.717, 1.165) is 12.1 Å². The van der Waals surface area contributed by atoms with Crippen molar-refractivity contribution in [3.63, 3.8) is 0 Å². The third kappa shape index (κ3) is 1.59. The van der Waals surface area contributed by atoms with Gasteiger partial charge < -0.3 is 5.11 Å². The zero-order valence-electron chi connectivity index (χ0n) is 7.67. The molecule has 16 heavy (non-hydrogen) atoms. The van der Waals surface area contributed by atoms with Gasteiger partial charge in [-0.3, -0.25) is 0 Å². The first-order chi connectivity index (χ1) is 7.50. The Balaban J connectivity index is 2.84. The van der Waals surface area contributed by atoms with Gasteiger partial charge >= 0.3 is 5.97 Å². The molecule has 82 valence electrons. The highest BCUT2D eigenvalue weighted by molar-refractivity contribution is 6.32. The van der Waals surface area contributed by atoms with Gasteiger partial charge in [0.05, 0.1) is 5.56 Å². The number of fused-ring (bicyclic) bond motifs is 1. The molecule has 0 saturated heterocycles. The monoisotopic (exact) mass is 243 g/mol. The van der Waals surface area contributed by atoms with Crippen LogP contribution in [0.3, 0.4) is 0 Å². The Morgan fingerprint density at radius 1 is 1.38 bits per heavy atom. The molecule has 0 aliphatic carbocycles. The summed E-state index contributed by atoms with van der Waals surface area (Å²) in [4.78, 5) is 14.3. The standard InChI is InChI=1S/C10H4ClF2NO2/c11-9-5(10(15)16)3-4-1-2-6(12)7(13)8(4)14-9/h1-3H,(H,15,16). The number of nitrogens with zero attached hydrogens (tertiary/aromatic N) is 1. The normalized spacial score (nSPS) is 10.7. The molecule has 0 fully saturated rings. The van der Waals surface area contributed by atoms with E-state index in [4.69, 9.17) is 16.7 Å². The van der Waals surface area contributed by atoms with Crippen molar-refractivity contribution in [2.75, 3.05) is 0 Å². The molecule has 1 aromatic carbocycles. The molecule has 0 aliphatic heterocycles. The van der Waals surface area contributed by atoms with Crippen molar-refractivity contribution in [3.8, 4) is 0 Å². The van der Waals surface area contributed by atoms with Gasteiger partial charge in [0.1, 0.15) is 10.7 Å². The average Bonchev–Trinajstić information content (AvgIpc) is 2.23. The van der Waals surface area contributed by atoms with Crippen LogP contribution in [0.25, 0.3) is 10.9 Å². The quantitative estimate of drug-likeness (QED) is 0.784. The highest BCUT2D eigenvalue weighted by Gasteiger charge is 2.15. The first-order valence-electron chi connectivity index (χ1n) is 4.18. The summed E-state index contributed by atoms with van der Waals surface area (Å²) in [6.45, 7) is 0. The molecule has 0 bridgehead atoms. The number of hydrogen-bond acceptors (Lipinski definition) is 2. The fourth-order valence-electron chi connectivity index (χ4n) is 1.31. The fourth-order valence-corrected chi connectivity index (χ4v) is 1.53. The molecule has 0 amide bonds. The number of aromatic carboxylic acids is 1. The third-order valence-electron chi connectivity index (χ3n) is 2.06. The van der Waals surface area contributed by atoms with Crippen LogP contribution in [0.5, 0.6) is 0 Å². The second-order valence-electron chi connectivity index (χ2n) is 3.06. The van der Waals surface area contributed by atoms with Crippen molar-refractivity contribution in [1.82, 2.24) is 4.98 Å². The number of benzene rings is 1. The van der Waals surface area contributed by atoms with Crippen molar-refractivity contribution in [3.05, 3.63) is 40.6 Å². The lowest BCUT2D eigenvalue weighted by Crippen LogP contribution is -2.00. The first-order valence-corrected chi connectivity index (χ1v) is 4.56. The topological polar surface area (TPSA) is 50.2 Å². The summed E-state index contributed by atoms with van der Waals surface area (Å²) in [5, 5.41) is 8.57. The van der Waals surface area contributed by atoms with E-state index >= 15 is 0 Å². The van der Waals surface area contributed by atoms with Crippen LogP contribution in [0.1, 0.15) is 10.4 Å². The van der Waals surface area contributed by atoms with E-state index in [0.29, 0.717) is 0 Å². The first kappa shape index (κ1) is 10.8. The number of carboxylic acids is 1. The second-order valence-corrected chi connectivity index (χ2v) is 3.42. The van der Waals surface area contributed by atoms with Crippen molar-refractivity contribution < 1.29 is 18.7 Å². The molecule has 2 aromatic rings. The number of halogens is 3. The Bertz CT molecular complexity index is 601. The second kappa shape index (κ2) is 3.68. The van der Waals surface area contributed by atoms with E-state index in [1.54, 1.807) is 0 Å². The van der Waals surface area contributed by atoms with E-state index in [1.807, 2.05) is 0 Å². The highest BCUT2D eigenvalue weighted by atomic mass is 35.5. The van der Waals surface area contributed by atoms with Gasteiger partial charge in [0.2, 0.25) is 0 Å². The Kier molecular flexibility index (Phi) is 2.47. The smallest absolute Gasteiger partial charge is 0.338 e. The lowest BCUT2D eigenvalue weighted by Gasteiger charge is -2.03. The van der Waals surface area contributed by atoms with Crippen LogP contribution in [-0.4, -0.2) is 16.1 Å². The Labute approximate surface area is 93.3 Å². The molecule has 0 radical (unpaired) electrons. The van der Waals surface area contributed by atoms with Gasteiger partial charge in [0.25, 0.3) is 0 Å². The minimum absolute atomic E-state index is 0.181. The largest absolute Gasteiger partial charge is 0.478 e. The van der Waals surface area contributed by atoms with Crippen LogP contribution >= 0.6 is 11.6 Å². The number of pyridine rings is 1. The molecule has 0 unspecified atom stereocenters. The summed E-state index contributed by atoms with van der Waals surface area (Å²) < 4.78 is 26.1. The maximum atomic E-state index is 13.3. The maximum Gasteiger partial charge on any atom is 0.338 e. The van der Waals surface area contributed by atoms with E-state index in [1.165, 1.54) is 6.07 Å². The molecule has 0 aliphatic rings. The zero-order chi connectivity index (χ0) is 11.9. The van der Waals surface area contributed by atoms with E-state index < -0.39 is 17.6 Å². The average molecular weight is 244 g/mol. The van der Waals surface area contributed by atoms with Crippen LogP contribution in [0.15, 0.2) is 18.2 Å². The van der Waals surface area contributed by atoms with E-state index in [2.05, 4.69) is 4.98 Å². The molecule has 1 N–H and O–H groups in total. The van der Waals surface area contributed by atoms with Gasteiger partial charge in [-0.1, -0.05) is 11.6 Å². The SMILES string of the molecule is O=C(O)c1cc2ccc(F)c(F)c2nc1Cl. The minimum Gasteiger partial charge on any atom is -0.478 e. The molecule has 1 aromatic heterocycles. The number of carboxylic acid groups (broad SMARTS) is 1. The lowest BCUT2D eigenvalue weighted by atomic mass is 10.1. The Morgan fingerprint density at radius 2 is 2.06 bits per heavy atom. The number of rotatable bonds is 1. The molecule has 3 nitrogen and oxygen atoms in total. The minimum atomic E-state index is -1.27. The summed E-state index contributed by atoms with van der Waals surface area (Å²) in [6, 6.07) is 3.29. The van der Waals surface area contributed by atoms with Crippen molar-refractivity contribution >= 4 is 28.5 Å². The molecule has 0 saturated carbocycles. The predicted molar refractivity (Wildman–Crippen MR) is 53.6 cm³/mol. The Hall–Kier alpha value is -1.75. The molecule has 1 heterocycles. The van der Waals surface area contributed by atoms with E-state index in [-0.39, 0.29) is 21.6 Å². The molecule has 6 heteroatoms. The molecule has 2 rings (SSSR count). The number of aromatic nitrogens is 1. The van der Waals surface area contributed by atoms with Crippen molar-refractivity contribution in [2.24, 2.45) is 0 Å². The highest BCUT2D eigenvalue weighted by Crippen LogP contribution is 2.23. The van der Waals surface area contributed by atoms with Gasteiger partial charge in [0.15, 0.2) is 11.6 Å². The van der Waals surface area contributed by atoms with Gasteiger partial charge in [-0.15, -0.1) is 0 Å². The summed E-state index contributed by atoms with van der Waals surface area (Å²) in [7, 11) is 0.